The maximum Gasteiger partial charge on any atom is 0.0935 e. The molecule has 1 heterocycles. The van der Waals surface area contributed by atoms with E-state index < -0.39 is 0 Å². The largest absolute Gasteiger partial charge is 0.472 e. The van der Waals surface area contributed by atoms with Gasteiger partial charge in [-0.1, -0.05) is 19.1 Å². The quantitative estimate of drug-likeness (QED) is 0.693. The van der Waals surface area contributed by atoms with Crippen molar-refractivity contribution < 1.29 is 4.42 Å². The first-order valence-corrected chi connectivity index (χ1v) is 8.69. The van der Waals surface area contributed by atoms with E-state index >= 15 is 0 Å². The fraction of sp³-hybridized carbons (Fsp3) is 0.375. The maximum absolute atomic E-state index is 5.16. The zero-order valence-corrected chi connectivity index (χ0v) is 14.0. The van der Waals surface area contributed by atoms with E-state index in [0.29, 0.717) is 6.04 Å². The molecule has 0 amide bonds. The van der Waals surface area contributed by atoms with Crippen molar-refractivity contribution in [1.29, 1.82) is 0 Å². The Kier molecular flexibility index (Phi) is 6.70. The van der Waals surface area contributed by atoms with Crippen molar-refractivity contribution in [3.8, 4) is 0 Å². The van der Waals surface area contributed by atoms with Gasteiger partial charge in [0.05, 0.1) is 12.5 Å². The molecule has 0 aliphatic rings. The van der Waals surface area contributed by atoms with Gasteiger partial charge < -0.3 is 9.73 Å². The van der Waals surface area contributed by atoms with Crippen LogP contribution in [0, 0.1) is 0 Å². The molecule has 4 heteroatoms. The summed E-state index contributed by atoms with van der Waals surface area (Å²) in [5.74, 6) is 1.05. The highest BCUT2D eigenvalue weighted by atomic mass is 79.9. The van der Waals surface area contributed by atoms with Crippen LogP contribution in [0.2, 0.25) is 0 Å². The first-order valence-electron chi connectivity index (χ1n) is 6.91. The number of hydrogen-bond acceptors (Lipinski definition) is 3. The van der Waals surface area contributed by atoms with Crippen LogP contribution in [0.5, 0.6) is 0 Å². The number of benzene rings is 1. The zero-order valence-electron chi connectivity index (χ0n) is 11.6. The molecule has 0 fully saturated rings. The molecule has 1 unspecified atom stereocenters. The summed E-state index contributed by atoms with van der Waals surface area (Å²) in [6.07, 6.45) is 5.74. The molecular formula is C16H20BrNOS. The monoisotopic (exact) mass is 353 g/mol. The molecule has 0 saturated heterocycles. The highest BCUT2D eigenvalue weighted by Gasteiger charge is 2.11. The minimum Gasteiger partial charge on any atom is -0.472 e. The molecule has 1 N–H and O–H groups in total. The van der Waals surface area contributed by atoms with E-state index in [1.165, 1.54) is 14.9 Å². The molecular weight excluding hydrogens is 334 g/mol. The Labute approximate surface area is 133 Å². The van der Waals surface area contributed by atoms with Crippen LogP contribution in [0.3, 0.4) is 0 Å². The SMILES string of the molecule is CCCNC(CSc1ccccc1Br)Cc1ccoc1. The summed E-state index contributed by atoms with van der Waals surface area (Å²) >= 11 is 5.49. The molecule has 0 saturated carbocycles. The molecule has 0 aliphatic heterocycles. The van der Waals surface area contributed by atoms with Crippen molar-refractivity contribution in [2.75, 3.05) is 12.3 Å². The molecule has 1 aromatic carbocycles. The Bertz CT molecular complexity index is 501. The van der Waals surface area contributed by atoms with Crippen LogP contribution in [-0.2, 0) is 6.42 Å². The van der Waals surface area contributed by atoms with Crippen molar-refractivity contribution in [1.82, 2.24) is 5.32 Å². The van der Waals surface area contributed by atoms with Gasteiger partial charge in [0.15, 0.2) is 0 Å². The van der Waals surface area contributed by atoms with E-state index in [1.54, 1.807) is 6.26 Å². The summed E-state index contributed by atoms with van der Waals surface area (Å²) in [7, 11) is 0. The minimum absolute atomic E-state index is 0.463. The molecule has 0 radical (unpaired) electrons. The second-order valence-electron chi connectivity index (χ2n) is 4.73. The Morgan fingerprint density at radius 3 is 2.85 bits per heavy atom. The van der Waals surface area contributed by atoms with Gasteiger partial charge in [0.2, 0.25) is 0 Å². The third-order valence-corrected chi connectivity index (χ3v) is 5.21. The Morgan fingerprint density at radius 1 is 1.30 bits per heavy atom. The lowest BCUT2D eigenvalue weighted by atomic mass is 10.1. The maximum atomic E-state index is 5.16. The summed E-state index contributed by atoms with van der Waals surface area (Å²) in [4.78, 5) is 1.29. The summed E-state index contributed by atoms with van der Waals surface area (Å²) < 4.78 is 6.33. The number of hydrogen-bond donors (Lipinski definition) is 1. The van der Waals surface area contributed by atoms with E-state index in [9.17, 15) is 0 Å². The van der Waals surface area contributed by atoms with Crippen LogP contribution in [0.25, 0.3) is 0 Å². The lowest BCUT2D eigenvalue weighted by molar-refractivity contribution is 0.536. The standard InChI is InChI=1S/C16H20BrNOS/c1-2-8-18-14(10-13-7-9-19-11-13)12-20-16-6-4-3-5-15(16)17/h3-7,9,11,14,18H,2,8,10,12H2,1H3. The molecule has 108 valence electrons. The van der Waals surface area contributed by atoms with Crippen molar-refractivity contribution in [2.45, 2.75) is 30.7 Å². The van der Waals surface area contributed by atoms with Gasteiger partial charge in [-0.05, 0) is 59.1 Å². The number of furan rings is 1. The molecule has 1 atom stereocenters. The number of nitrogens with one attached hydrogen (secondary N) is 1. The summed E-state index contributed by atoms with van der Waals surface area (Å²) in [5, 5.41) is 3.62. The number of thioether (sulfide) groups is 1. The van der Waals surface area contributed by atoms with Crippen LogP contribution in [0.15, 0.2) is 56.6 Å². The van der Waals surface area contributed by atoms with E-state index in [-0.39, 0.29) is 0 Å². The molecule has 0 bridgehead atoms. The third-order valence-electron chi connectivity index (χ3n) is 3.02. The van der Waals surface area contributed by atoms with Crippen molar-refractivity contribution >= 4 is 27.7 Å². The number of halogens is 1. The average molecular weight is 354 g/mol. The van der Waals surface area contributed by atoms with Crippen molar-refractivity contribution in [3.63, 3.8) is 0 Å². The molecule has 2 nitrogen and oxygen atoms in total. The third kappa shape index (κ3) is 5.00. The van der Waals surface area contributed by atoms with Gasteiger partial charge in [-0.2, -0.15) is 0 Å². The van der Waals surface area contributed by atoms with Gasteiger partial charge >= 0.3 is 0 Å². The molecule has 0 aliphatic carbocycles. The predicted octanol–water partition coefficient (Wildman–Crippen LogP) is 4.75. The lowest BCUT2D eigenvalue weighted by Crippen LogP contribution is -2.33. The van der Waals surface area contributed by atoms with Gasteiger partial charge in [-0.3, -0.25) is 0 Å². The van der Waals surface area contributed by atoms with Crippen LogP contribution < -0.4 is 5.32 Å². The average Bonchev–Trinajstić information content (AvgIpc) is 2.96. The first-order chi connectivity index (χ1) is 9.79. The lowest BCUT2D eigenvalue weighted by Gasteiger charge is -2.17. The van der Waals surface area contributed by atoms with E-state index in [4.69, 9.17) is 4.42 Å². The normalized spacial score (nSPS) is 12.5. The fourth-order valence-electron chi connectivity index (χ4n) is 1.98. The van der Waals surface area contributed by atoms with Crippen LogP contribution in [0.1, 0.15) is 18.9 Å². The van der Waals surface area contributed by atoms with Gasteiger partial charge in [-0.25, -0.2) is 0 Å². The van der Waals surface area contributed by atoms with E-state index in [1.807, 2.05) is 30.2 Å². The van der Waals surface area contributed by atoms with Gasteiger partial charge in [0, 0.05) is 21.2 Å². The predicted molar refractivity (Wildman–Crippen MR) is 89.4 cm³/mol. The highest BCUT2D eigenvalue weighted by molar-refractivity contribution is 9.10. The first kappa shape index (κ1) is 15.7. The zero-order chi connectivity index (χ0) is 14.2. The number of rotatable bonds is 8. The van der Waals surface area contributed by atoms with E-state index in [0.717, 1.165) is 25.1 Å². The molecule has 1 aromatic heterocycles. The summed E-state index contributed by atoms with van der Waals surface area (Å²) in [5.41, 5.74) is 1.26. The van der Waals surface area contributed by atoms with Crippen molar-refractivity contribution in [2.24, 2.45) is 0 Å². The topological polar surface area (TPSA) is 25.2 Å². The highest BCUT2D eigenvalue weighted by Crippen LogP contribution is 2.27. The summed E-state index contributed by atoms with van der Waals surface area (Å²) in [6.45, 7) is 3.25. The second kappa shape index (κ2) is 8.55. The van der Waals surface area contributed by atoms with Gasteiger partial charge in [0.25, 0.3) is 0 Å². The summed E-state index contributed by atoms with van der Waals surface area (Å²) in [6, 6.07) is 10.9. The Balaban J connectivity index is 1.91. The van der Waals surface area contributed by atoms with Crippen LogP contribution >= 0.6 is 27.7 Å². The van der Waals surface area contributed by atoms with Crippen LogP contribution in [-0.4, -0.2) is 18.3 Å². The molecule has 20 heavy (non-hydrogen) atoms. The smallest absolute Gasteiger partial charge is 0.0935 e. The van der Waals surface area contributed by atoms with Gasteiger partial charge in [0.1, 0.15) is 0 Å². The molecule has 2 rings (SSSR count). The van der Waals surface area contributed by atoms with Crippen LogP contribution in [0.4, 0.5) is 0 Å². The van der Waals surface area contributed by atoms with E-state index in [2.05, 4.69) is 46.4 Å². The second-order valence-corrected chi connectivity index (χ2v) is 6.64. The fourth-order valence-corrected chi connectivity index (χ4v) is 3.61. The molecule has 2 aromatic rings. The Hall–Kier alpha value is -0.710. The Morgan fingerprint density at radius 2 is 2.15 bits per heavy atom. The van der Waals surface area contributed by atoms with Crippen molar-refractivity contribution in [3.05, 3.63) is 52.9 Å². The minimum atomic E-state index is 0.463. The van der Waals surface area contributed by atoms with Gasteiger partial charge in [-0.15, -0.1) is 11.8 Å². The molecule has 0 spiro atoms.